The number of sulfonamides is 1. The van der Waals surface area contributed by atoms with Crippen molar-refractivity contribution in [1.29, 1.82) is 0 Å². The monoisotopic (exact) mass is 295 g/mol. The molecule has 0 N–H and O–H groups in total. The largest absolute Gasteiger partial charge is 0.331 e. The molecule has 0 radical (unpaired) electrons. The number of hydrogen-bond donors (Lipinski definition) is 0. The van der Waals surface area contributed by atoms with Crippen LogP contribution in [0.15, 0.2) is 41.1 Å². The zero-order valence-electron chi connectivity index (χ0n) is 9.82. The molecule has 1 aromatic rings. The fourth-order valence-corrected chi connectivity index (χ4v) is 3.07. The maximum absolute atomic E-state index is 11.6. The molecule has 0 aromatic carbocycles. The second-order valence-corrected chi connectivity index (χ2v) is 6.33. The van der Waals surface area contributed by atoms with Crippen molar-refractivity contribution in [2.45, 2.75) is 0 Å². The van der Waals surface area contributed by atoms with Crippen LogP contribution in [-0.2, 0) is 10.0 Å². The molecule has 0 spiro atoms. The Bertz CT molecular complexity index is 705. The summed E-state index contributed by atoms with van der Waals surface area (Å²) in [4.78, 5) is 5.83. The molecule has 3 rings (SSSR count). The van der Waals surface area contributed by atoms with E-state index in [0.29, 0.717) is 17.5 Å². The van der Waals surface area contributed by atoms with Gasteiger partial charge in [0.1, 0.15) is 5.15 Å². The van der Waals surface area contributed by atoms with Crippen molar-refractivity contribution in [2.75, 3.05) is 12.3 Å². The molecule has 0 bridgehead atoms. The summed E-state index contributed by atoms with van der Waals surface area (Å²) in [5.74, 6) is 0.477. The molecule has 2 aliphatic rings. The van der Waals surface area contributed by atoms with Crippen LogP contribution < -0.4 is 0 Å². The molecular formula is C12H10ClN3O2S. The number of hydrogen-bond acceptors (Lipinski definition) is 4. The Morgan fingerprint density at radius 1 is 1.32 bits per heavy atom. The van der Waals surface area contributed by atoms with Gasteiger partial charge in [0.25, 0.3) is 10.0 Å². The van der Waals surface area contributed by atoms with E-state index < -0.39 is 10.0 Å². The lowest BCUT2D eigenvalue weighted by Gasteiger charge is -2.29. The molecule has 5 nitrogen and oxygen atoms in total. The lowest BCUT2D eigenvalue weighted by atomic mass is 10.0. The van der Waals surface area contributed by atoms with Crippen molar-refractivity contribution < 1.29 is 8.42 Å². The molecule has 0 amide bonds. The fourth-order valence-electron chi connectivity index (χ4n) is 1.98. The zero-order valence-corrected chi connectivity index (χ0v) is 11.4. The standard InChI is InChI=1S/C12H10ClN3O2S/c13-11-4-3-9(8-14-11)10-2-1-5-16-6-7-19(17,18)15-12(10)16/h1-5,8H,6-7H2. The van der Waals surface area contributed by atoms with E-state index in [1.54, 1.807) is 18.3 Å². The van der Waals surface area contributed by atoms with Crippen molar-refractivity contribution in [3.05, 3.63) is 47.4 Å². The van der Waals surface area contributed by atoms with Crippen molar-refractivity contribution in [1.82, 2.24) is 9.88 Å². The highest BCUT2D eigenvalue weighted by Crippen LogP contribution is 2.25. The van der Waals surface area contributed by atoms with Crippen molar-refractivity contribution in [2.24, 2.45) is 4.40 Å². The smallest absolute Gasteiger partial charge is 0.256 e. The van der Waals surface area contributed by atoms with Gasteiger partial charge in [-0.2, -0.15) is 0 Å². The minimum atomic E-state index is -3.38. The summed E-state index contributed by atoms with van der Waals surface area (Å²) in [5, 5.41) is 0.394. The van der Waals surface area contributed by atoms with Crippen LogP contribution >= 0.6 is 11.6 Å². The molecule has 19 heavy (non-hydrogen) atoms. The summed E-state index contributed by atoms with van der Waals surface area (Å²) in [5.41, 5.74) is 1.52. The number of pyridine rings is 1. The molecule has 0 saturated heterocycles. The predicted octanol–water partition coefficient (Wildman–Crippen LogP) is 1.69. The molecular weight excluding hydrogens is 286 g/mol. The Kier molecular flexibility index (Phi) is 2.91. The third-order valence-electron chi connectivity index (χ3n) is 2.90. The summed E-state index contributed by atoms with van der Waals surface area (Å²) in [6, 6.07) is 3.46. The van der Waals surface area contributed by atoms with Crippen LogP contribution in [0.4, 0.5) is 0 Å². The Hall–Kier alpha value is -1.66. The molecule has 98 valence electrons. The van der Waals surface area contributed by atoms with Crippen LogP contribution in [0, 0.1) is 0 Å². The third-order valence-corrected chi connectivity index (χ3v) is 4.27. The molecule has 0 fully saturated rings. The van der Waals surface area contributed by atoms with E-state index in [2.05, 4.69) is 9.38 Å². The van der Waals surface area contributed by atoms with E-state index in [1.807, 2.05) is 23.3 Å². The van der Waals surface area contributed by atoms with Gasteiger partial charge < -0.3 is 4.90 Å². The average molecular weight is 296 g/mol. The van der Waals surface area contributed by atoms with Gasteiger partial charge in [-0.15, -0.1) is 4.40 Å². The van der Waals surface area contributed by atoms with E-state index in [9.17, 15) is 8.42 Å². The van der Waals surface area contributed by atoms with Gasteiger partial charge in [-0.05, 0) is 24.3 Å². The van der Waals surface area contributed by atoms with Gasteiger partial charge >= 0.3 is 0 Å². The highest BCUT2D eigenvalue weighted by atomic mass is 35.5. The summed E-state index contributed by atoms with van der Waals surface area (Å²) in [7, 11) is -3.38. The average Bonchev–Trinajstić information content (AvgIpc) is 2.38. The summed E-state index contributed by atoms with van der Waals surface area (Å²) < 4.78 is 27.1. The Morgan fingerprint density at radius 2 is 2.16 bits per heavy atom. The number of aromatic nitrogens is 1. The second-order valence-electron chi connectivity index (χ2n) is 4.19. The quantitative estimate of drug-likeness (QED) is 0.740. The van der Waals surface area contributed by atoms with Crippen molar-refractivity contribution in [3.8, 4) is 0 Å². The normalized spacial score (nSPS) is 20.6. The topological polar surface area (TPSA) is 62.6 Å². The van der Waals surface area contributed by atoms with Gasteiger partial charge in [0.05, 0.1) is 5.75 Å². The van der Waals surface area contributed by atoms with E-state index in [-0.39, 0.29) is 5.75 Å². The SMILES string of the molecule is O=S1(=O)CCN2C=CC=C(c3ccc(Cl)nc3)C2=N1. The second kappa shape index (κ2) is 4.47. The molecule has 0 atom stereocenters. The molecule has 3 heterocycles. The molecule has 0 aliphatic carbocycles. The Balaban J connectivity index is 2.10. The molecule has 7 heteroatoms. The Labute approximate surface area is 116 Å². The molecule has 2 aliphatic heterocycles. The van der Waals surface area contributed by atoms with Crippen LogP contribution in [0.5, 0.6) is 0 Å². The lowest BCUT2D eigenvalue weighted by molar-refractivity contribution is 0.550. The maximum atomic E-state index is 11.6. The highest BCUT2D eigenvalue weighted by molar-refractivity contribution is 7.90. The summed E-state index contributed by atoms with van der Waals surface area (Å²) in [6.45, 7) is 0.413. The van der Waals surface area contributed by atoms with Crippen LogP contribution in [-0.4, -0.2) is 36.4 Å². The minimum Gasteiger partial charge on any atom is -0.331 e. The van der Waals surface area contributed by atoms with Gasteiger partial charge in [0.15, 0.2) is 5.84 Å². The number of amidine groups is 1. The first kappa shape index (κ1) is 12.4. The minimum absolute atomic E-state index is 0.0347. The maximum Gasteiger partial charge on any atom is 0.256 e. The van der Waals surface area contributed by atoms with Gasteiger partial charge in [-0.1, -0.05) is 11.6 Å². The Morgan fingerprint density at radius 3 is 2.89 bits per heavy atom. The summed E-state index contributed by atoms with van der Waals surface area (Å²) in [6.07, 6.45) is 7.11. The number of nitrogens with zero attached hydrogens (tertiary/aromatic N) is 3. The van der Waals surface area contributed by atoms with Crippen LogP contribution in [0.2, 0.25) is 5.15 Å². The molecule has 0 unspecified atom stereocenters. The first-order valence-electron chi connectivity index (χ1n) is 5.65. The number of allylic oxidation sites excluding steroid dienone is 2. The number of fused-ring (bicyclic) bond motifs is 1. The molecule has 1 aromatic heterocycles. The van der Waals surface area contributed by atoms with Gasteiger partial charge in [-0.25, -0.2) is 13.4 Å². The summed E-state index contributed by atoms with van der Waals surface area (Å²) >= 11 is 5.75. The first-order chi connectivity index (χ1) is 9.05. The van der Waals surface area contributed by atoms with Crippen molar-refractivity contribution in [3.63, 3.8) is 0 Å². The zero-order chi connectivity index (χ0) is 13.5. The van der Waals surface area contributed by atoms with E-state index >= 15 is 0 Å². The molecule has 0 saturated carbocycles. The van der Waals surface area contributed by atoms with Gasteiger partial charge in [0, 0.05) is 30.1 Å². The fraction of sp³-hybridized carbons (Fsp3) is 0.167. The van der Waals surface area contributed by atoms with E-state index in [4.69, 9.17) is 11.6 Å². The third kappa shape index (κ3) is 2.41. The van der Waals surface area contributed by atoms with Crippen molar-refractivity contribution >= 4 is 33.0 Å². The van der Waals surface area contributed by atoms with Crippen LogP contribution in [0.1, 0.15) is 5.56 Å². The van der Waals surface area contributed by atoms with Crippen LogP contribution in [0.3, 0.4) is 0 Å². The van der Waals surface area contributed by atoms with Crippen LogP contribution in [0.25, 0.3) is 5.57 Å². The van der Waals surface area contributed by atoms with E-state index in [1.165, 1.54) is 0 Å². The van der Waals surface area contributed by atoms with Gasteiger partial charge in [-0.3, -0.25) is 0 Å². The lowest BCUT2D eigenvalue weighted by Crippen LogP contribution is -2.37. The number of rotatable bonds is 1. The first-order valence-corrected chi connectivity index (χ1v) is 7.64. The number of halogens is 1. The highest BCUT2D eigenvalue weighted by Gasteiger charge is 2.27. The predicted molar refractivity (Wildman–Crippen MR) is 74.3 cm³/mol. The van der Waals surface area contributed by atoms with E-state index in [0.717, 1.165) is 11.1 Å². The van der Waals surface area contributed by atoms with Gasteiger partial charge in [0.2, 0.25) is 0 Å².